The maximum absolute atomic E-state index is 14.3. The summed E-state index contributed by atoms with van der Waals surface area (Å²) in [6.45, 7) is 2.95. The summed E-state index contributed by atoms with van der Waals surface area (Å²) in [6, 6.07) is 11.2. The van der Waals surface area contributed by atoms with Gasteiger partial charge in [-0.15, -0.1) is 0 Å². The predicted octanol–water partition coefficient (Wildman–Crippen LogP) is 6.06. The molecule has 226 valence electrons. The largest absolute Gasteiger partial charge is 0.478 e. The Kier molecular flexibility index (Phi) is 8.70. The number of alkyl halides is 3. The molecule has 44 heavy (non-hydrogen) atoms. The van der Waals surface area contributed by atoms with E-state index >= 15 is 0 Å². The lowest BCUT2D eigenvalue weighted by atomic mass is 9.95. The normalized spacial score (nSPS) is 11.1. The number of amides is 3. The molecule has 0 bridgehead atoms. The van der Waals surface area contributed by atoms with E-state index in [-0.39, 0.29) is 62.4 Å². The number of aromatic nitrogens is 1. The van der Waals surface area contributed by atoms with Gasteiger partial charge in [-0.25, -0.2) is 4.79 Å². The molecule has 0 aliphatic rings. The first kappa shape index (κ1) is 31.2. The second-order valence-electron chi connectivity index (χ2n) is 9.66. The van der Waals surface area contributed by atoms with Crippen molar-refractivity contribution in [1.82, 2.24) is 5.16 Å². The molecule has 1 aromatic heterocycles. The number of carbonyl (C=O) groups excluding carboxylic acids is 3. The summed E-state index contributed by atoms with van der Waals surface area (Å²) in [5.41, 5.74) is -2.49. The van der Waals surface area contributed by atoms with Gasteiger partial charge in [-0.2, -0.15) is 18.4 Å². The van der Waals surface area contributed by atoms with E-state index < -0.39 is 35.4 Å². The van der Waals surface area contributed by atoms with Crippen LogP contribution in [0.5, 0.6) is 0 Å². The quantitative estimate of drug-likeness (QED) is 0.217. The molecular weight excluding hydrogens is 583 g/mol. The van der Waals surface area contributed by atoms with Crippen molar-refractivity contribution in [3.63, 3.8) is 0 Å². The van der Waals surface area contributed by atoms with Crippen molar-refractivity contribution in [2.75, 3.05) is 22.6 Å². The zero-order valence-electron chi connectivity index (χ0n) is 23.5. The van der Waals surface area contributed by atoms with E-state index in [2.05, 4.69) is 15.8 Å². The lowest BCUT2D eigenvalue weighted by Crippen LogP contribution is -2.23. The van der Waals surface area contributed by atoms with Crippen LogP contribution in [0.2, 0.25) is 0 Å². The van der Waals surface area contributed by atoms with Crippen molar-refractivity contribution in [2.24, 2.45) is 0 Å². The number of aromatic carboxylic acids is 1. The van der Waals surface area contributed by atoms with E-state index in [1.54, 1.807) is 13.0 Å². The van der Waals surface area contributed by atoms with Gasteiger partial charge in [-0.3, -0.25) is 14.4 Å². The van der Waals surface area contributed by atoms with Gasteiger partial charge in [0.2, 0.25) is 11.8 Å². The van der Waals surface area contributed by atoms with Crippen molar-refractivity contribution in [3.8, 4) is 17.2 Å². The number of rotatable bonds is 8. The van der Waals surface area contributed by atoms with E-state index in [0.29, 0.717) is 6.42 Å². The van der Waals surface area contributed by atoms with Gasteiger partial charge in [0, 0.05) is 37.3 Å². The van der Waals surface area contributed by atoms with Gasteiger partial charge < -0.3 is 25.2 Å². The Hall–Kier alpha value is -5.71. The summed E-state index contributed by atoms with van der Waals surface area (Å²) in [6.07, 6.45) is -4.36. The average Bonchev–Trinajstić information content (AvgIpc) is 3.38. The van der Waals surface area contributed by atoms with Crippen LogP contribution < -0.4 is 15.5 Å². The molecule has 0 fully saturated rings. The number of hydrogen-bond donors (Lipinski definition) is 3. The topological polar surface area (TPSA) is 166 Å². The molecule has 0 aliphatic carbocycles. The highest BCUT2D eigenvalue weighted by Crippen LogP contribution is 2.43. The van der Waals surface area contributed by atoms with E-state index in [9.17, 15) is 37.5 Å². The van der Waals surface area contributed by atoms with Crippen LogP contribution in [0.1, 0.15) is 58.7 Å². The average molecular weight is 608 g/mol. The third-order valence-corrected chi connectivity index (χ3v) is 6.66. The number of nitriles is 1. The lowest BCUT2D eigenvalue weighted by molar-refractivity contribution is -0.137. The van der Waals surface area contributed by atoms with Gasteiger partial charge in [0.15, 0.2) is 11.3 Å². The number of hydrogen-bond acceptors (Lipinski definition) is 7. The Balaban J connectivity index is 1.87. The van der Waals surface area contributed by atoms with Crippen LogP contribution >= 0.6 is 0 Å². The number of carboxylic acids is 1. The number of carbonyl (C=O) groups is 4. The molecule has 0 aliphatic heterocycles. The molecule has 3 N–H and O–H groups in total. The van der Waals surface area contributed by atoms with Crippen LogP contribution in [0.15, 0.2) is 53.1 Å². The van der Waals surface area contributed by atoms with Crippen LogP contribution in [-0.4, -0.2) is 41.0 Å². The van der Waals surface area contributed by atoms with Crippen LogP contribution in [-0.2, 0) is 15.8 Å². The molecule has 4 rings (SSSR count). The van der Waals surface area contributed by atoms with Crippen molar-refractivity contribution >= 4 is 51.7 Å². The molecule has 0 atom stereocenters. The summed E-state index contributed by atoms with van der Waals surface area (Å²) in [5, 5.41) is 27.4. The molecule has 4 aromatic rings. The van der Waals surface area contributed by atoms with E-state index in [1.807, 2.05) is 0 Å². The molecule has 3 amide bonds. The number of halogens is 3. The van der Waals surface area contributed by atoms with E-state index in [0.717, 1.165) is 23.1 Å². The summed E-state index contributed by atoms with van der Waals surface area (Å²) in [7, 11) is 1.33. The third kappa shape index (κ3) is 6.36. The molecule has 0 radical (unpaired) electrons. The predicted molar refractivity (Wildman–Crippen MR) is 153 cm³/mol. The summed E-state index contributed by atoms with van der Waals surface area (Å²) < 4.78 is 48.3. The second kappa shape index (κ2) is 12.3. The molecule has 14 heteroatoms. The fourth-order valence-electron chi connectivity index (χ4n) is 4.39. The highest BCUT2D eigenvalue weighted by molar-refractivity contribution is 6.14. The zero-order valence-corrected chi connectivity index (χ0v) is 23.5. The smallest absolute Gasteiger partial charge is 0.417 e. The van der Waals surface area contributed by atoms with Gasteiger partial charge in [0.05, 0.1) is 33.8 Å². The van der Waals surface area contributed by atoms with Crippen molar-refractivity contribution in [1.29, 1.82) is 5.26 Å². The zero-order chi connectivity index (χ0) is 32.3. The van der Waals surface area contributed by atoms with Gasteiger partial charge in [-0.1, -0.05) is 18.1 Å². The first-order valence-corrected chi connectivity index (χ1v) is 13.0. The first-order valence-electron chi connectivity index (χ1n) is 13.0. The highest BCUT2D eigenvalue weighted by atomic mass is 19.4. The minimum absolute atomic E-state index is 0.00613. The third-order valence-electron chi connectivity index (χ3n) is 6.66. The Bertz CT molecular complexity index is 1860. The Morgan fingerprint density at radius 3 is 2.36 bits per heavy atom. The molecular formula is C30H24F3N5O6. The lowest BCUT2D eigenvalue weighted by Gasteiger charge is -2.21. The van der Waals surface area contributed by atoms with Crippen LogP contribution in [0, 0.1) is 11.3 Å². The maximum Gasteiger partial charge on any atom is 0.417 e. The molecule has 0 saturated heterocycles. The number of anilines is 3. The molecule has 0 unspecified atom stereocenters. The Morgan fingerprint density at radius 1 is 1.02 bits per heavy atom. The maximum atomic E-state index is 14.3. The number of nitrogens with zero attached hydrogens (tertiary/aromatic N) is 3. The van der Waals surface area contributed by atoms with Crippen LogP contribution in [0.4, 0.5) is 30.2 Å². The molecule has 0 spiro atoms. The van der Waals surface area contributed by atoms with Crippen molar-refractivity contribution in [3.05, 3.63) is 70.9 Å². The SMILES string of the molecule is CCCC(=O)Nc1cc2c(C(=O)Nc3ccc(C#N)cc3C(=O)O)noc2cc1-c1ccc(N(C)C(C)=O)cc1C(F)(F)F. The Labute approximate surface area is 247 Å². The Morgan fingerprint density at radius 2 is 1.75 bits per heavy atom. The second-order valence-corrected chi connectivity index (χ2v) is 9.66. The van der Waals surface area contributed by atoms with Gasteiger partial charge in [0.1, 0.15) is 0 Å². The van der Waals surface area contributed by atoms with Crippen molar-refractivity contribution in [2.45, 2.75) is 32.9 Å². The molecule has 1 heterocycles. The van der Waals surface area contributed by atoms with Gasteiger partial charge >= 0.3 is 12.1 Å². The number of benzene rings is 3. The van der Waals surface area contributed by atoms with Crippen molar-refractivity contribution < 1.29 is 42.0 Å². The standard InChI is InChI=1S/C30H24F3N5O6/c1-4-5-26(40)35-24-12-21-25(13-19(24)18-8-7-17(38(3)15(2)39)11-22(18)30(31,32)33)44-37-27(21)28(41)36-23-9-6-16(14-34)10-20(23)29(42)43/h6-13H,4-5H2,1-3H3,(H,35,40)(H,36,41)(H,42,43). The number of carboxylic acid groups (broad SMARTS) is 1. The van der Waals surface area contributed by atoms with Gasteiger partial charge in [-0.05, 0) is 54.4 Å². The summed E-state index contributed by atoms with van der Waals surface area (Å²) in [5.74, 6) is -3.31. The highest BCUT2D eigenvalue weighted by Gasteiger charge is 2.35. The minimum Gasteiger partial charge on any atom is -0.478 e. The molecule has 0 saturated carbocycles. The van der Waals surface area contributed by atoms with E-state index in [4.69, 9.17) is 9.78 Å². The minimum atomic E-state index is -4.86. The fourth-order valence-corrected chi connectivity index (χ4v) is 4.39. The molecule has 11 nitrogen and oxygen atoms in total. The summed E-state index contributed by atoms with van der Waals surface area (Å²) >= 11 is 0. The number of nitrogens with one attached hydrogen (secondary N) is 2. The van der Waals surface area contributed by atoms with Crippen LogP contribution in [0.25, 0.3) is 22.1 Å². The van der Waals surface area contributed by atoms with E-state index in [1.165, 1.54) is 44.3 Å². The fraction of sp³-hybridized carbons (Fsp3) is 0.200. The van der Waals surface area contributed by atoms with Gasteiger partial charge in [0.25, 0.3) is 5.91 Å². The first-order chi connectivity index (χ1) is 20.7. The monoisotopic (exact) mass is 607 g/mol. The number of fused-ring (bicyclic) bond motifs is 1. The summed E-state index contributed by atoms with van der Waals surface area (Å²) in [4.78, 5) is 50.4. The van der Waals surface area contributed by atoms with Crippen LogP contribution in [0.3, 0.4) is 0 Å². The molecule has 3 aromatic carbocycles.